The van der Waals surface area contributed by atoms with Crippen molar-refractivity contribution in [2.24, 2.45) is 0 Å². The van der Waals surface area contributed by atoms with E-state index in [4.69, 9.17) is 21.7 Å². The molecule has 5 heteroatoms. The molecular formula is C18H20N2O2S. The normalized spacial score (nSPS) is 9.78. The summed E-state index contributed by atoms with van der Waals surface area (Å²) in [5, 5.41) is 6.86. The lowest BCUT2D eigenvalue weighted by atomic mass is 10.2. The lowest BCUT2D eigenvalue weighted by molar-refractivity contribution is 0.363. The Balaban J connectivity index is 1.86. The van der Waals surface area contributed by atoms with Crippen LogP contribution in [-0.4, -0.2) is 18.8 Å². The first-order valence-electron chi connectivity index (χ1n) is 7.23. The Morgan fingerprint density at radius 3 is 2.61 bits per heavy atom. The van der Waals surface area contributed by atoms with E-state index in [0.717, 1.165) is 22.7 Å². The maximum Gasteiger partial charge on any atom is 0.171 e. The zero-order valence-electron chi connectivity index (χ0n) is 13.0. The molecule has 0 fully saturated rings. The minimum atomic E-state index is 0.492. The van der Waals surface area contributed by atoms with Gasteiger partial charge in [-0.3, -0.25) is 0 Å². The van der Waals surface area contributed by atoms with E-state index in [-0.39, 0.29) is 0 Å². The quantitative estimate of drug-likeness (QED) is 0.598. The van der Waals surface area contributed by atoms with Gasteiger partial charge in [0.25, 0.3) is 0 Å². The number of thiocarbonyl (C=S) groups is 1. The van der Waals surface area contributed by atoms with Crippen molar-refractivity contribution >= 4 is 23.0 Å². The minimum Gasteiger partial charge on any atom is -0.496 e. The molecule has 23 heavy (non-hydrogen) atoms. The van der Waals surface area contributed by atoms with Crippen LogP contribution in [0.15, 0.2) is 61.2 Å². The zero-order valence-corrected chi connectivity index (χ0v) is 13.9. The van der Waals surface area contributed by atoms with Gasteiger partial charge in [-0.25, -0.2) is 0 Å². The smallest absolute Gasteiger partial charge is 0.171 e. The van der Waals surface area contributed by atoms with Gasteiger partial charge in [0.1, 0.15) is 18.1 Å². The fourth-order valence-corrected chi connectivity index (χ4v) is 2.18. The van der Waals surface area contributed by atoms with Crippen LogP contribution in [0.1, 0.15) is 5.56 Å². The monoisotopic (exact) mass is 328 g/mol. The number of hydrogen-bond acceptors (Lipinski definition) is 3. The molecule has 0 aliphatic rings. The molecule has 0 heterocycles. The van der Waals surface area contributed by atoms with Gasteiger partial charge < -0.3 is 20.1 Å². The summed E-state index contributed by atoms with van der Waals surface area (Å²) in [6.07, 6.45) is 1.71. The van der Waals surface area contributed by atoms with Crippen molar-refractivity contribution in [3.63, 3.8) is 0 Å². The molecule has 2 rings (SSSR count). The summed E-state index contributed by atoms with van der Waals surface area (Å²) in [5.74, 6) is 1.63. The van der Waals surface area contributed by atoms with Crippen LogP contribution in [-0.2, 0) is 6.54 Å². The average Bonchev–Trinajstić information content (AvgIpc) is 2.59. The highest BCUT2D eigenvalue weighted by molar-refractivity contribution is 7.80. The fourth-order valence-electron chi connectivity index (χ4n) is 1.99. The summed E-state index contributed by atoms with van der Waals surface area (Å²) < 4.78 is 10.8. The summed E-state index contributed by atoms with van der Waals surface area (Å²) in [6.45, 7) is 4.70. The highest BCUT2D eigenvalue weighted by Gasteiger charge is 2.03. The van der Waals surface area contributed by atoms with E-state index in [0.29, 0.717) is 18.3 Å². The standard InChI is InChI=1S/C18H20N2O2S/c1-3-12-22-16-10-8-15(9-11-16)20-18(23)19-13-14-6-4-5-7-17(14)21-2/h3-11H,1,12-13H2,2H3,(H2,19,20,23). The van der Waals surface area contributed by atoms with Crippen molar-refractivity contribution in [2.75, 3.05) is 19.0 Å². The first kappa shape index (κ1) is 16.8. The lowest BCUT2D eigenvalue weighted by Crippen LogP contribution is -2.28. The maximum atomic E-state index is 5.44. The second-order valence-corrected chi connectivity index (χ2v) is 5.15. The van der Waals surface area contributed by atoms with Crippen LogP contribution < -0.4 is 20.1 Å². The van der Waals surface area contributed by atoms with Crippen molar-refractivity contribution in [2.45, 2.75) is 6.54 Å². The largest absolute Gasteiger partial charge is 0.496 e. The van der Waals surface area contributed by atoms with Gasteiger partial charge in [-0.2, -0.15) is 0 Å². The number of benzene rings is 2. The van der Waals surface area contributed by atoms with Gasteiger partial charge in [0.15, 0.2) is 5.11 Å². The molecule has 4 nitrogen and oxygen atoms in total. The Morgan fingerprint density at radius 1 is 1.17 bits per heavy atom. The number of rotatable bonds is 7. The number of nitrogens with one attached hydrogen (secondary N) is 2. The average molecular weight is 328 g/mol. The van der Waals surface area contributed by atoms with Crippen LogP contribution in [0, 0.1) is 0 Å². The Kier molecular flexibility index (Phi) is 6.44. The zero-order chi connectivity index (χ0) is 16.5. The summed E-state index contributed by atoms with van der Waals surface area (Å²) in [4.78, 5) is 0. The molecule has 0 aliphatic carbocycles. The van der Waals surface area contributed by atoms with E-state index < -0.39 is 0 Å². The molecule has 0 bridgehead atoms. The third-order valence-corrected chi connectivity index (χ3v) is 3.36. The molecule has 0 atom stereocenters. The van der Waals surface area contributed by atoms with Gasteiger partial charge in [0.05, 0.1) is 7.11 Å². The molecule has 0 spiro atoms. The van der Waals surface area contributed by atoms with Gasteiger partial charge in [0.2, 0.25) is 0 Å². The van der Waals surface area contributed by atoms with Crippen molar-refractivity contribution in [3.05, 3.63) is 66.7 Å². The predicted molar refractivity (Wildman–Crippen MR) is 98.2 cm³/mol. The Hall–Kier alpha value is -2.53. The lowest BCUT2D eigenvalue weighted by Gasteiger charge is -2.13. The van der Waals surface area contributed by atoms with Gasteiger partial charge in [-0.1, -0.05) is 30.9 Å². The van der Waals surface area contributed by atoms with E-state index >= 15 is 0 Å². The molecule has 2 N–H and O–H groups in total. The molecular weight excluding hydrogens is 308 g/mol. The Morgan fingerprint density at radius 2 is 1.91 bits per heavy atom. The highest BCUT2D eigenvalue weighted by Crippen LogP contribution is 2.17. The molecule has 0 amide bonds. The SMILES string of the molecule is C=CCOc1ccc(NC(=S)NCc2ccccc2OC)cc1. The second-order valence-electron chi connectivity index (χ2n) is 4.74. The van der Waals surface area contributed by atoms with Crippen LogP contribution in [0.25, 0.3) is 0 Å². The molecule has 0 saturated carbocycles. The highest BCUT2D eigenvalue weighted by atomic mass is 32.1. The van der Waals surface area contributed by atoms with Gasteiger partial charge in [-0.05, 0) is 42.5 Å². The van der Waals surface area contributed by atoms with Crippen LogP contribution in [0.5, 0.6) is 11.5 Å². The Bertz CT molecular complexity index is 656. The van der Waals surface area contributed by atoms with E-state index in [1.54, 1.807) is 13.2 Å². The third-order valence-electron chi connectivity index (χ3n) is 3.11. The summed E-state index contributed by atoms with van der Waals surface area (Å²) in [6, 6.07) is 15.4. The fraction of sp³-hybridized carbons (Fsp3) is 0.167. The van der Waals surface area contributed by atoms with Gasteiger partial charge in [-0.15, -0.1) is 0 Å². The number of hydrogen-bond donors (Lipinski definition) is 2. The van der Waals surface area contributed by atoms with Crippen molar-refractivity contribution in [1.29, 1.82) is 0 Å². The van der Waals surface area contributed by atoms with E-state index in [2.05, 4.69) is 17.2 Å². The van der Waals surface area contributed by atoms with Crippen LogP contribution in [0.3, 0.4) is 0 Å². The summed E-state index contributed by atoms with van der Waals surface area (Å²) in [7, 11) is 1.66. The van der Waals surface area contributed by atoms with Crippen LogP contribution in [0.2, 0.25) is 0 Å². The summed E-state index contributed by atoms with van der Waals surface area (Å²) in [5.41, 5.74) is 1.95. The number of anilines is 1. The first-order valence-corrected chi connectivity index (χ1v) is 7.64. The second kappa shape index (κ2) is 8.80. The number of methoxy groups -OCH3 is 1. The molecule has 0 saturated heterocycles. The van der Waals surface area contributed by atoms with E-state index in [9.17, 15) is 0 Å². The van der Waals surface area contributed by atoms with E-state index in [1.165, 1.54) is 0 Å². The number of ether oxygens (including phenoxy) is 2. The van der Waals surface area contributed by atoms with Crippen molar-refractivity contribution < 1.29 is 9.47 Å². The van der Waals surface area contributed by atoms with Crippen LogP contribution >= 0.6 is 12.2 Å². The van der Waals surface area contributed by atoms with Crippen LogP contribution in [0.4, 0.5) is 5.69 Å². The molecule has 0 radical (unpaired) electrons. The molecule has 2 aromatic rings. The summed E-state index contributed by atoms with van der Waals surface area (Å²) >= 11 is 5.31. The predicted octanol–water partition coefficient (Wildman–Crippen LogP) is 3.75. The van der Waals surface area contributed by atoms with Gasteiger partial charge >= 0.3 is 0 Å². The molecule has 120 valence electrons. The minimum absolute atomic E-state index is 0.492. The van der Waals surface area contributed by atoms with E-state index in [1.807, 2.05) is 48.5 Å². The topological polar surface area (TPSA) is 42.5 Å². The molecule has 0 unspecified atom stereocenters. The van der Waals surface area contributed by atoms with Crippen molar-refractivity contribution in [3.8, 4) is 11.5 Å². The maximum absolute atomic E-state index is 5.44. The molecule has 0 aromatic heterocycles. The number of para-hydroxylation sites is 1. The molecule has 0 aliphatic heterocycles. The molecule has 2 aromatic carbocycles. The Labute approximate surface area is 142 Å². The first-order chi connectivity index (χ1) is 11.2. The van der Waals surface area contributed by atoms with Gasteiger partial charge in [0, 0.05) is 17.8 Å². The third kappa shape index (κ3) is 5.30. The van der Waals surface area contributed by atoms with Crippen molar-refractivity contribution in [1.82, 2.24) is 5.32 Å².